The van der Waals surface area contributed by atoms with Crippen LogP contribution in [-0.4, -0.2) is 44.2 Å². The summed E-state index contributed by atoms with van der Waals surface area (Å²) in [6, 6.07) is 10.0. The highest BCUT2D eigenvalue weighted by molar-refractivity contribution is 7.89. The summed E-state index contributed by atoms with van der Waals surface area (Å²) in [5.41, 5.74) is 0.313. The number of hydrogen-bond acceptors (Lipinski definition) is 5. The van der Waals surface area contributed by atoms with Crippen LogP contribution in [0.2, 0.25) is 10.0 Å². The van der Waals surface area contributed by atoms with Crippen LogP contribution in [0.5, 0.6) is 0 Å². The molecule has 1 saturated heterocycles. The molecule has 1 heterocycles. The third-order valence-electron chi connectivity index (χ3n) is 5.12. The van der Waals surface area contributed by atoms with E-state index in [1.54, 1.807) is 0 Å². The number of rotatable bonds is 6. The Labute approximate surface area is 192 Å². The van der Waals surface area contributed by atoms with Gasteiger partial charge in [0, 0.05) is 18.7 Å². The van der Waals surface area contributed by atoms with E-state index in [1.807, 2.05) is 13.8 Å². The molecule has 0 amide bonds. The smallest absolute Gasteiger partial charge is 0.338 e. The Balaban J connectivity index is 1.71. The molecule has 0 aliphatic carbocycles. The zero-order chi connectivity index (χ0) is 22.8. The largest absolute Gasteiger partial charge is 0.454 e. The van der Waals surface area contributed by atoms with Crippen molar-refractivity contribution in [2.45, 2.75) is 25.2 Å². The van der Waals surface area contributed by atoms with Crippen molar-refractivity contribution in [3.05, 3.63) is 63.6 Å². The van der Waals surface area contributed by atoms with E-state index in [-0.39, 0.29) is 32.9 Å². The zero-order valence-corrected chi connectivity index (χ0v) is 19.5. The fourth-order valence-electron chi connectivity index (χ4n) is 3.70. The van der Waals surface area contributed by atoms with Crippen molar-refractivity contribution in [1.82, 2.24) is 4.31 Å². The molecule has 1 aliphatic rings. The molecule has 2 atom stereocenters. The number of sulfonamides is 1. The summed E-state index contributed by atoms with van der Waals surface area (Å²) in [5, 5.41) is 0.531. The van der Waals surface area contributed by atoms with Gasteiger partial charge in [-0.3, -0.25) is 4.79 Å². The lowest BCUT2D eigenvalue weighted by Gasteiger charge is -2.34. The van der Waals surface area contributed by atoms with E-state index in [9.17, 15) is 18.0 Å². The number of ether oxygens (including phenoxy) is 1. The summed E-state index contributed by atoms with van der Waals surface area (Å²) >= 11 is 11.7. The summed E-state index contributed by atoms with van der Waals surface area (Å²) in [6.07, 6.45) is 0.977. The van der Waals surface area contributed by atoms with Crippen molar-refractivity contribution >= 4 is 45.0 Å². The Morgan fingerprint density at radius 3 is 2.32 bits per heavy atom. The van der Waals surface area contributed by atoms with E-state index < -0.39 is 28.4 Å². The molecule has 0 N–H and O–H groups in total. The molecular formula is C22H23Cl2NO5S. The van der Waals surface area contributed by atoms with Gasteiger partial charge in [-0.25, -0.2) is 13.2 Å². The fraction of sp³-hybridized carbons (Fsp3) is 0.364. The summed E-state index contributed by atoms with van der Waals surface area (Å²) in [6.45, 7) is 4.43. The van der Waals surface area contributed by atoms with Crippen molar-refractivity contribution in [2.24, 2.45) is 11.8 Å². The van der Waals surface area contributed by atoms with Gasteiger partial charge in [0.25, 0.3) is 0 Å². The summed E-state index contributed by atoms with van der Waals surface area (Å²) in [7, 11) is -3.74. The fourth-order valence-corrected chi connectivity index (χ4v) is 5.73. The van der Waals surface area contributed by atoms with Gasteiger partial charge < -0.3 is 4.74 Å². The van der Waals surface area contributed by atoms with Crippen LogP contribution in [0.4, 0.5) is 0 Å². The monoisotopic (exact) mass is 483 g/mol. The maximum atomic E-state index is 13.1. The lowest BCUT2D eigenvalue weighted by Crippen LogP contribution is -2.42. The second-order valence-corrected chi connectivity index (χ2v) is 10.7. The predicted octanol–water partition coefficient (Wildman–Crippen LogP) is 4.70. The first kappa shape index (κ1) is 23.7. The number of carbonyl (C=O) groups is 2. The number of benzene rings is 2. The number of nitrogens with zero attached hydrogens (tertiary/aromatic N) is 1. The average Bonchev–Trinajstić information content (AvgIpc) is 2.73. The van der Waals surface area contributed by atoms with Crippen LogP contribution >= 0.6 is 23.2 Å². The summed E-state index contributed by atoms with van der Waals surface area (Å²) in [4.78, 5) is 24.7. The Kier molecular flexibility index (Phi) is 7.42. The van der Waals surface area contributed by atoms with Gasteiger partial charge in [0.1, 0.15) is 0 Å². The minimum atomic E-state index is -3.74. The predicted molar refractivity (Wildman–Crippen MR) is 119 cm³/mol. The molecule has 166 valence electrons. The van der Waals surface area contributed by atoms with Gasteiger partial charge in [-0.15, -0.1) is 0 Å². The molecule has 6 nitrogen and oxygen atoms in total. The number of carbonyl (C=O) groups excluding carboxylic acids is 2. The quantitative estimate of drug-likeness (QED) is 0.439. The van der Waals surface area contributed by atoms with Crippen molar-refractivity contribution in [2.75, 3.05) is 19.7 Å². The average molecular weight is 484 g/mol. The normalized spacial score (nSPS) is 19.7. The molecule has 0 bridgehead atoms. The van der Waals surface area contributed by atoms with Crippen LogP contribution in [0.1, 0.15) is 41.0 Å². The minimum Gasteiger partial charge on any atom is -0.454 e. The van der Waals surface area contributed by atoms with Crippen molar-refractivity contribution in [3.8, 4) is 0 Å². The molecule has 1 aliphatic heterocycles. The lowest BCUT2D eigenvalue weighted by molar-refractivity contribution is 0.0474. The second kappa shape index (κ2) is 9.69. The highest BCUT2D eigenvalue weighted by atomic mass is 35.5. The van der Waals surface area contributed by atoms with E-state index >= 15 is 0 Å². The van der Waals surface area contributed by atoms with Gasteiger partial charge in [0.05, 0.1) is 20.5 Å². The first-order valence-electron chi connectivity index (χ1n) is 9.83. The number of halogens is 2. The standard InChI is InChI=1S/C22H23Cl2NO5S/c1-14-8-15(2)12-25(11-14)31(28,29)18-5-3-4-17(9-18)22(27)30-13-21(26)16-6-7-19(23)20(24)10-16/h3-7,9-10,14-15H,8,11-13H2,1-2H3. The molecule has 2 aromatic carbocycles. The summed E-state index contributed by atoms with van der Waals surface area (Å²) < 4.78 is 32.7. The molecule has 31 heavy (non-hydrogen) atoms. The van der Waals surface area contributed by atoms with Crippen LogP contribution in [0.25, 0.3) is 0 Å². The SMILES string of the molecule is CC1CC(C)CN(S(=O)(=O)c2cccc(C(=O)OCC(=O)c3ccc(Cl)c(Cl)c3)c2)C1. The second-order valence-electron chi connectivity index (χ2n) is 7.92. The van der Waals surface area contributed by atoms with Crippen LogP contribution in [0, 0.1) is 11.8 Å². The maximum absolute atomic E-state index is 13.1. The zero-order valence-electron chi connectivity index (χ0n) is 17.2. The van der Waals surface area contributed by atoms with Crippen LogP contribution in [-0.2, 0) is 14.8 Å². The lowest BCUT2D eigenvalue weighted by atomic mass is 9.94. The molecule has 1 fully saturated rings. The highest BCUT2D eigenvalue weighted by Crippen LogP contribution is 2.27. The van der Waals surface area contributed by atoms with E-state index in [1.165, 1.54) is 46.8 Å². The number of esters is 1. The van der Waals surface area contributed by atoms with E-state index in [0.717, 1.165) is 6.42 Å². The topological polar surface area (TPSA) is 80.8 Å². The Bertz CT molecular complexity index is 1090. The number of piperidine rings is 1. The molecule has 9 heteroatoms. The van der Waals surface area contributed by atoms with Gasteiger partial charge in [-0.05, 0) is 54.7 Å². The Hall–Kier alpha value is -1.93. The van der Waals surface area contributed by atoms with Gasteiger partial charge in [0.2, 0.25) is 10.0 Å². The summed E-state index contributed by atoms with van der Waals surface area (Å²) in [5.74, 6) is -0.712. The van der Waals surface area contributed by atoms with Crippen molar-refractivity contribution in [3.63, 3.8) is 0 Å². The van der Waals surface area contributed by atoms with E-state index in [0.29, 0.717) is 18.1 Å². The third-order valence-corrected chi connectivity index (χ3v) is 7.69. The van der Waals surface area contributed by atoms with Crippen molar-refractivity contribution < 1.29 is 22.7 Å². The first-order chi connectivity index (χ1) is 14.6. The molecule has 0 saturated carbocycles. The van der Waals surface area contributed by atoms with Crippen LogP contribution in [0.3, 0.4) is 0 Å². The molecule has 0 spiro atoms. The van der Waals surface area contributed by atoms with Gasteiger partial charge in [0.15, 0.2) is 12.4 Å². The minimum absolute atomic E-state index is 0.0269. The van der Waals surface area contributed by atoms with Gasteiger partial charge >= 0.3 is 5.97 Å². The molecule has 0 radical (unpaired) electrons. The number of ketones is 1. The van der Waals surface area contributed by atoms with Gasteiger partial charge in [-0.1, -0.05) is 43.1 Å². The maximum Gasteiger partial charge on any atom is 0.338 e. The van der Waals surface area contributed by atoms with E-state index in [2.05, 4.69) is 0 Å². The number of hydrogen-bond donors (Lipinski definition) is 0. The highest BCUT2D eigenvalue weighted by Gasteiger charge is 2.32. The molecule has 2 unspecified atom stereocenters. The Morgan fingerprint density at radius 2 is 1.68 bits per heavy atom. The molecule has 0 aromatic heterocycles. The Morgan fingerprint density at radius 1 is 1.00 bits per heavy atom. The first-order valence-corrected chi connectivity index (χ1v) is 12.0. The van der Waals surface area contributed by atoms with E-state index in [4.69, 9.17) is 27.9 Å². The molecule has 2 aromatic rings. The molecule has 3 rings (SSSR count). The number of Topliss-reactive ketones (excluding diaryl/α,β-unsaturated/α-hetero) is 1. The van der Waals surface area contributed by atoms with Gasteiger partial charge in [-0.2, -0.15) is 4.31 Å². The molecular weight excluding hydrogens is 461 g/mol. The van der Waals surface area contributed by atoms with Crippen LogP contribution < -0.4 is 0 Å². The van der Waals surface area contributed by atoms with Crippen LogP contribution in [0.15, 0.2) is 47.4 Å². The third kappa shape index (κ3) is 5.66. The van der Waals surface area contributed by atoms with Crippen molar-refractivity contribution in [1.29, 1.82) is 0 Å².